The number of fused-ring (bicyclic) bond motifs is 1. The molecule has 0 saturated heterocycles. The summed E-state index contributed by atoms with van der Waals surface area (Å²) in [4.78, 5) is 33.5. The number of nitrogens with zero attached hydrogens (tertiary/aromatic N) is 4. The number of hydrogen-bond donors (Lipinski definition) is 2. The number of aromatic nitrogens is 3. The third-order valence-electron chi connectivity index (χ3n) is 7.00. The van der Waals surface area contributed by atoms with Crippen LogP contribution in [0.5, 0.6) is 0 Å². The summed E-state index contributed by atoms with van der Waals surface area (Å²) in [6.07, 6.45) is 7.78. The molecule has 0 aliphatic carbocycles. The van der Waals surface area contributed by atoms with Crippen LogP contribution in [0.4, 0.5) is 21.9 Å². The molecular formula is C29H35Cl2IN6O2S. The Labute approximate surface area is 264 Å². The number of amides is 2. The number of aryl methyl sites for hydroxylation is 1. The molecule has 0 aliphatic heterocycles. The summed E-state index contributed by atoms with van der Waals surface area (Å²) < 4.78 is 3.31. The van der Waals surface area contributed by atoms with E-state index in [0.29, 0.717) is 41.1 Å². The van der Waals surface area contributed by atoms with Gasteiger partial charge in [0, 0.05) is 48.1 Å². The summed E-state index contributed by atoms with van der Waals surface area (Å²) in [6.45, 7) is 6.62. The van der Waals surface area contributed by atoms with E-state index in [9.17, 15) is 9.59 Å². The number of rotatable bonds is 10. The lowest BCUT2D eigenvalue weighted by molar-refractivity contribution is -0.115. The highest BCUT2D eigenvalue weighted by molar-refractivity contribution is 14.2. The Morgan fingerprint density at radius 1 is 1.05 bits per heavy atom. The number of para-hydroxylation sites is 1. The van der Waals surface area contributed by atoms with E-state index >= 15 is 0 Å². The lowest BCUT2D eigenvalue weighted by atomic mass is 10.2. The third-order valence-corrected chi connectivity index (χ3v) is 11.8. The maximum absolute atomic E-state index is 13.7. The maximum Gasteiger partial charge on any atom is 0.333 e. The van der Waals surface area contributed by atoms with E-state index in [1.54, 1.807) is 21.5 Å². The first-order valence-electron chi connectivity index (χ1n) is 13.1. The number of carbonyl (C=O) groups excluding carboxylic acids is 2. The van der Waals surface area contributed by atoms with E-state index in [2.05, 4.69) is 49.3 Å². The van der Waals surface area contributed by atoms with Crippen LogP contribution in [0, 0.1) is 6.92 Å². The fourth-order valence-corrected chi connectivity index (χ4v) is 6.00. The number of nitrogens with one attached hydrogen (secondary N) is 2. The first-order chi connectivity index (χ1) is 19.4. The van der Waals surface area contributed by atoms with Crippen LogP contribution in [0.1, 0.15) is 19.4 Å². The first-order valence-corrected chi connectivity index (χ1v) is 19.3. The van der Waals surface area contributed by atoms with E-state index in [1.165, 1.54) is 0 Å². The fraction of sp³-hybridized carbons (Fsp3) is 0.345. The van der Waals surface area contributed by atoms with Gasteiger partial charge in [0.25, 0.3) is 0 Å². The van der Waals surface area contributed by atoms with Crippen molar-refractivity contribution in [2.45, 2.75) is 32.1 Å². The highest BCUT2D eigenvalue weighted by atomic mass is 127. The van der Waals surface area contributed by atoms with Crippen LogP contribution in [-0.4, -0.2) is 68.2 Å². The summed E-state index contributed by atoms with van der Waals surface area (Å²) in [6, 6.07) is 14.9. The van der Waals surface area contributed by atoms with Gasteiger partial charge in [0.1, 0.15) is 0 Å². The smallest absolute Gasteiger partial charge is 0.333 e. The van der Waals surface area contributed by atoms with Gasteiger partial charge in [-0.2, -0.15) is 7.20 Å². The van der Waals surface area contributed by atoms with E-state index in [-0.39, 0.29) is 23.2 Å². The van der Waals surface area contributed by atoms with Crippen molar-refractivity contribution < 1.29 is 9.59 Å². The van der Waals surface area contributed by atoms with Crippen molar-refractivity contribution in [2.75, 3.05) is 46.3 Å². The molecule has 2 unspecified atom stereocenters. The number of anilines is 3. The number of benzene rings is 2. The van der Waals surface area contributed by atoms with Gasteiger partial charge in [0.2, 0.25) is 11.9 Å². The summed E-state index contributed by atoms with van der Waals surface area (Å²) >= 11 is 14.5. The number of alkyl halides is 2. The molecule has 2 atom stereocenters. The normalized spacial score (nSPS) is 13.6. The Hall–Kier alpha value is -2.41. The molecule has 0 bridgehead atoms. The largest absolute Gasteiger partial charge is 0.366 e. The first kappa shape index (κ1) is 31.5. The van der Waals surface area contributed by atoms with Crippen molar-refractivity contribution in [3.05, 3.63) is 66.5 Å². The van der Waals surface area contributed by atoms with Crippen LogP contribution in [-0.2, 0) is 4.79 Å². The topological polar surface area (TPSA) is 84.2 Å². The molecule has 220 valence electrons. The van der Waals surface area contributed by atoms with Crippen LogP contribution in [0.15, 0.2) is 60.9 Å². The monoisotopic (exact) mass is 728 g/mol. The Morgan fingerprint density at radius 2 is 1.76 bits per heavy atom. The van der Waals surface area contributed by atoms with Crippen LogP contribution in [0.3, 0.4) is 0 Å². The average Bonchev–Trinajstić information content (AvgIpc) is 3.56. The van der Waals surface area contributed by atoms with Gasteiger partial charge in [-0.1, -0.05) is 12.1 Å². The van der Waals surface area contributed by atoms with Gasteiger partial charge in [-0.25, -0.2) is 14.3 Å². The van der Waals surface area contributed by atoms with Gasteiger partial charge in [0.05, 0.1) is 22.0 Å². The summed E-state index contributed by atoms with van der Waals surface area (Å²) in [7, 11) is -1.09. The summed E-state index contributed by atoms with van der Waals surface area (Å²) in [5, 5.41) is 5.90. The Balaban J connectivity index is 1.64. The molecule has 2 aromatic carbocycles. The standard InChI is InChI=1S/C29H35Cl2IN6O2S/c1-19-7-6-8-25-26(19)35-28(36-15-13-23(18-36)33-27(39)21(3)41(4,5)32)38(25)29(40)34-22-9-11-24(12-10-22)37(16-14-30)20(2)17-31/h6-13,15,18,20-21H,14,16-17H2,1-5H3,(H,33,39)(H,34,40). The average molecular weight is 730 g/mol. The van der Waals surface area contributed by atoms with Gasteiger partial charge in [-0.05, 0) is 96.4 Å². The second-order valence-corrected chi connectivity index (χ2v) is 21.0. The molecule has 0 saturated carbocycles. The minimum absolute atomic E-state index is 0.0345. The van der Waals surface area contributed by atoms with E-state index in [4.69, 9.17) is 28.2 Å². The minimum atomic E-state index is -1.09. The lowest BCUT2D eigenvalue weighted by Crippen LogP contribution is -2.35. The van der Waals surface area contributed by atoms with E-state index in [1.807, 2.05) is 69.3 Å². The molecule has 4 aromatic rings. The zero-order valence-electron chi connectivity index (χ0n) is 23.7. The van der Waals surface area contributed by atoms with Crippen LogP contribution < -0.4 is 15.5 Å². The van der Waals surface area contributed by atoms with Gasteiger partial charge < -0.3 is 15.5 Å². The number of hydrogen-bond acceptors (Lipinski definition) is 4. The van der Waals surface area contributed by atoms with Crippen molar-refractivity contribution in [1.82, 2.24) is 14.1 Å². The van der Waals surface area contributed by atoms with Gasteiger partial charge >= 0.3 is 6.03 Å². The number of halogens is 3. The Kier molecular flexibility index (Phi) is 10.2. The van der Waals surface area contributed by atoms with Crippen molar-refractivity contribution in [3.63, 3.8) is 0 Å². The molecule has 2 aromatic heterocycles. The zero-order chi connectivity index (χ0) is 29.9. The third kappa shape index (κ3) is 7.15. The second-order valence-electron chi connectivity index (χ2n) is 10.3. The van der Waals surface area contributed by atoms with Crippen molar-refractivity contribution in [2.24, 2.45) is 0 Å². The zero-order valence-corrected chi connectivity index (χ0v) is 28.2. The number of carbonyl (C=O) groups is 2. The van der Waals surface area contributed by atoms with Crippen molar-refractivity contribution >= 4 is 91.6 Å². The Bertz CT molecular complexity index is 1530. The lowest BCUT2D eigenvalue weighted by Gasteiger charge is -2.29. The molecule has 4 rings (SSSR count). The molecule has 2 heterocycles. The van der Waals surface area contributed by atoms with Gasteiger partial charge in [-0.3, -0.25) is 9.36 Å². The molecule has 0 fully saturated rings. The molecule has 0 aliphatic rings. The predicted molar refractivity (Wildman–Crippen MR) is 184 cm³/mol. The summed E-state index contributed by atoms with van der Waals surface area (Å²) in [5.74, 6) is 1.34. The van der Waals surface area contributed by atoms with E-state index in [0.717, 1.165) is 16.8 Å². The molecule has 2 N–H and O–H groups in total. The SMILES string of the molecule is Cc1cccc2c1nc(-n1ccc(NC(=O)C(C)S(C)(C)I)c1)n2C(=O)Nc1ccc(N(CCCl)C(C)CCl)cc1. The fourth-order valence-electron chi connectivity index (χ4n) is 4.39. The highest BCUT2D eigenvalue weighted by Gasteiger charge is 2.25. The molecule has 0 radical (unpaired) electrons. The van der Waals surface area contributed by atoms with Gasteiger partial charge in [-0.15, -0.1) is 23.2 Å². The van der Waals surface area contributed by atoms with Crippen molar-refractivity contribution in [3.8, 4) is 5.95 Å². The van der Waals surface area contributed by atoms with Crippen LogP contribution >= 0.6 is 51.6 Å². The minimum Gasteiger partial charge on any atom is -0.366 e. The molecule has 2 amide bonds. The predicted octanol–water partition coefficient (Wildman–Crippen LogP) is 7.63. The maximum atomic E-state index is 13.7. The van der Waals surface area contributed by atoms with Gasteiger partial charge in [0.15, 0.2) is 0 Å². The van der Waals surface area contributed by atoms with Crippen molar-refractivity contribution in [1.29, 1.82) is 0 Å². The molecule has 12 heteroatoms. The number of imidazole rings is 1. The quantitative estimate of drug-likeness (QED) is 0.130. The molecule has 0 spiro atoms. The summed E-state index contributed by atoms with van der Waals surface area (Å²) in [5.41, 5.74) is 4.62. The molecule has 8 nitrogen and oxygen atoms in total. The van der Waals surface area contributed by atoms with Crippen LogP contribution in [0.2, 0.25) is 0 Å². The van der Waals surface area contributed by atoms with E-state index < -0.39 is 7.20 Å². The molecular weight excluding hydrogens is 694 g/mol. The highest BCUT2D eigenvalue weighted by Crippen LogP contribution is 2.53. The second kappa shape index (κ2) is 13.3. The molecule has 41 heavy (non-hydrogen) atoms. The Morgan fingerprint density at radius 3 is 2.39 bits per heavy atom. The van der Waals surface area contributed by atoms with Crippen LogP contribution in [0.25, 0.3) is 17.0 Å².